The van der Waals surface area contributed by atoms with Crippen LogP contribution in [0.4, 0.5) is 8.78 Å². The van der Waals surface area contributed by atoms with E-state index in [2.05, 4.69) is 6.58 Å². The largest absolute Gasteiger partial charge is 0.463 e. The van der Waals surface area contributed by atoms with Gasteiger partial charge in [0.2, 0.25) is 6.10 Å². The number of hydrogen-bond donors (Lipinski definition) is 0. The van der Waals surface area contributed by atoms with E-state index in [4.69, 9.17) is 17.8 Å². The number of esters is 2. The number of hydrogen-bond acceptors (Lipinski definition) is 8. The summed E-state index contributed by atoms with van der Waals surface area (Å²) in [4.78, 5) is 24.7. The molecule has 40 heavy (non-hydrogen) atoms. The van der Waals surface area contributed by atoms with Crippen molar-refractivity contribution >= 4 is 32.4 Å². The maximum absolute atomic E-state index is 15.3. The number of halogens is 2. The summed E-state index contributed by atoms with van der Waals surface area (Å²) in [6, 6.07) is 24.8. The van der Waals surface area contributed by atoms with Gasteiger partial charge in [0.1, 0.15) is 6.61 Å². The van der Waals surface area contributed by atoms with E-state index in [0.717, 1.165) is 0 Å². The number of alkyl halides is 2. The molecule has 1 unspecified atom stereocenters. The Balaban J connectivity index is 1.58. The number of rotatable bonds is 12. The van der Waals surface area contributed by atoms with Crippen LogP contribution in [0.2, 0.25) is 0 Å². The molecule has 0 spiro atoms. The predicted octanol–water partition coefficient (Wildman–Crippen LogP) is 5.25. The van der Waals surface area contributed by atoms with E-state index >= 15 is 8.78 Å². The summed E-state index contributed by atoms with van der Waals surface area (Å²) in [6.45, 7) is 1.11. The molecule has 0 radical (unpaired) electrons. The number of carbonyl (C=O) groups is 2. The molecule has 1 fully saturated rings. The third-order valence-electron chi connectivity index (χ3n) is 5.75. The van der Waals surface area contributed by atoms with Gasteiger partial charge in [-0.2, -0.15) is 17.2 Å². The lowest BCUT2D eigenvalue weighted by Gasteiger charge is -2.40. The van der Waals surface area contributed by atoms with Gasteiger partial charge in [-0.3, -0.25) is 0 Å². The zero-order valence-electron chi connectivity index (χ0n) is 21.1. The highest BCUT2D eigenvalue weighted by Gasteiger charge is 2.52. The molecule has 0 N–H and O–H groups in total. The monoisotopic (exact) mass is 592 g/mol. The van der Waals surface area contributed by atoms with Crippen molar-refractivity contribution < 1.29 is 44.6 Å². The van der Waals surface area contributed by atoms with Crippen molar-refractivity contribution in [1.82, 2.24) is 0 Å². The molecular weight excluding hydrogens is 566 g/mol. The molecule has 212 valence electrons. The zero-order chi connectivity index (χ0) is 28.8. The number of ether oxygens (including phenoxy) is 3. The van der Waals surface area contributed by atoms with Gasteiger partial charge >= 0.3 is 27.3 Å². The van der Waals surface area contributed by atoms with Gasteiger partial charge in [-0.05, 0) is 46.7 Å². The van der Waals surface area contributed by atoms with Crippen LogP contribution in [0.3, 0.4) is 0 Å². The van der Waals surface area contributed by atoms with E-state index in [9.17, 15) is 18.0 Å². The minimum atomic E-state index is -5.63. The summed E-state index contributed by atoms with van der Waals surface area (Å²) in [5.41, 5.74) is -0.383. The average molecular weight is 593 g/mol. The Morgan fingerprint density at radius 3 is 1.80 bits per heavy atom. The van der Waals surface area contributed by atoms with Crippen molar-refractivity contribution in [2.24, 2.45) is 0 Å². The van der Waals surface area contributed by atoms with Gasteiger partial charge in [-0.25, -0.2) is 13.2 Å². The number of cyclic esters (lactones) is 1. The van der Waals surface area contributed by atoms with Crippen LogP contribution in [0.25, 0.3) is 0 Å². The lowest BCUT2D eigenvalue weighted by atomic mass is 10.3. The topological polar surface area (TPSA) is 105 Å². The summed E-state index contributed by atoms with van der Waals surface area (Å²) in [5.74, 6) is -1.77. The second-order valence-electron chi connectivity index (χ2n) is 8.60. The van der Waals surface area contributed by atoms with Crippen molar-refractivity contribution in [3.8, 4) is 0 Å². The van der Waals surface area contributed by atoms with Crippen LogP contribution in [0.5, 0.6) is 0 Å². The molecule has 0 aromatic heterocycles. The van der Waals surface area contributed by atoms with Crippen LogP contribution >= 0.6 is 10.3 Å². The standard InChI is InChI=1S/C28H26F2O8S2/c1-21(26(31)37-25-17-18-36-27(25)32)19-35-20-28(29,30)40(33,34)38-39(22-11-5-2-6-12-22,23-13-7-3-8-14-23)24-15-9-4-10-16-24/h2-16,25H,1,17-20H2. The summed E-state index contributed by atoms with van der Waals surface area (Å²) in [7, 11) is -8.84. The minimum absolute atomic E-state index is 0.0856. The van der Waals surface area contributed by atoms with E-state index in [0.29, 0.717) is 14.7 Å². The fourth-order valence-electron chi connectivity index (χ4n) is 3.77. The van der Waals surface area contributed by atoms with E-state index in [-0.39, 0.29) is 18.6 Å². The molecule has 3 aromatic carbocycles. The highest BCUT2D eigenvalue weighted by atomic mass is 32.3. The quantitative estimate of drug-likeness (QED) is 0.207. The SMILES string of the molecule is C=C(COCC(F)(F)S(=O)(=O)OS(c1ccccc1)(c1ccccc1)c1ccccc1)C(=O)OC1CCOC1=O. The summed E-state index contributed by atoms with van der Waals surface area (Å²) in [6.07, 6.45) is -0.967. The van der Waals surface area contributed by atoms with E-state index in [1.165, 1.54) is 0 Å². The summed E-state index contributed by atoms with van der Waals surface area (Å²) >= 11 is 0. The van der Waals surface area contributed by atoms with Gasteiger partial charge in [0.15, 0.2) is 0 Å². The van der Waals surface area contributed by atoms with Gasteiger partial charge in [0, 0.05) is 21.1 Å². The Morgan fingerprint density at radius 2 is 1.38 bits per heavy atom. The average Bonchev–Trinajstić information content (AvgIpc) is 3.36. The molecular formula is C28H26F2O8S2. The van der Waals surface area contributed by atoms with Crippen molar-refractivity contribution in [2.75, 3.05) is 19.8 Å². The molecule has 1 aliphatic heterocycles. The van der Waals surface area contributed by atoms with Crippen LogP contribution in [0.15, 0.2) is 118 Å². The normalized spacial score (nSPS) is 16.2. The van der Waals surface area contributed by atoms with Gasteiger partial charge < -0.3 is 14.2 Å². The zero-order valence-corrected chi connectivity index (χ0v) is 22.7. The van der Waals surface area contributed by atoms with Gasteiger partial charge in [0.05, 0.1) is 18.8 Å². The van der Waals surface area contributed by atoms with E-state index < -0.39 is 56.9 Å². The first-order valence-corrected chi connectivity index (χ1v) is 15.0. The Morgan fingerprint density at radius 1 is 0.900 bits per heavy atom. The molecule has 0 bridgehead atoms. The van der Waals surface area contributed by atoms with Gasteiger partial charge in [-0.15, -0.1) is 0 Å². The molecule has 0 saturated carbocycles. The first-order chi connectivity index (χ1) is 19.1. The summed E-state index contributed by atoms with van der Waals surface area (Å²) < 4.78 is 77.2. The van der Waals surface area contributed by atoms with Gasteiger partial charge in [-0.1, -0.05) is 61.2 Å². The second-order valence-corrected chi connectivity index (χ2v) is 13.2. The third-order valence-corrected chi connectivity index (χ3v) is 10.9. The molecule has 1 saturated heterocycles. The Labute approximate surface area is 232 Å². The first-order valence-electron chi connectivity index (χ1n) is 12.0. The number of carbonyl (C=O) groups excluding carboxylic acids is 2. The highest BCUT2D eigenvalue weighted by molar-refractivity contribution is 8.33. The molecule has 1 aliphatic rings. The highest BCUT2D eigenvalue weighted by Crippen LogP contribution is 2.70. The lowest BCUT2D eigenvalue weighted by molar-refractivity contribution is -0.158. The minimum Gasteiger partial charge on any atom is -0.463 e. The van der Waals surface area contributed by atoms with Gasteiger partial charge in [0.25, 0.3) is 0 Å². The lowest BCUT2D eigenvalue weighted by Crippen LogP contribution is -2.37. The maximum atomic E-state index is 15.3. The smallest absolute Gasteiger partial charge is 0.393 e. The fraction of sp³-hybridized carbons (Fsp3) is 0.214. The van der Waals surface area contributed by atoms with Crippen LogP contribution in [-0.2, 0) is 37.5 Å². The van der Waals surface area contributed by atoms with E-state index in [1.807, 2.05) is 0 Å². The molecule has 0 amide bonds. The molecule has 1 atom stereocenters. The van der Waals surface area contributed by atoms with Crippen LogP contribution in [-0.4, -0.2) is 51.5 Å². The fourth-order valence-corrected chi connectivity index (χ4v) is 8.85. The molecule has 4 rings (SSSR count). The van der Waals surface area contributed by atoms with Crippen molar-refractivity contribution in [3.05, 3.63) is 103 Å². The second kappa shape index (κ2) is 12.3. The van der Waals surface area contributed by atoms with Crippen LogP contribution in [0.1, 0.15) is 6.42 Å². The number of benzene rings is 3. The Hall–Kier alpha value is -3.58. The van der Waals surface area contributed by atoms with E-state index in [1.54, 1.807) is 91.0 Å². The predicted molar refractivity (Wildman–Crippen MR) is 142 cm³/mol. The van der Waals surface area contributed by atoms with Crippen LogP contribution < -0.4 is 0 Å². The Bertz CT molecular complexity index is 1350. The molecule has 3 aromatic rings. The maximum Gasteiger partial charge on any atom is 0.393 e. The molecule has 0 aliphatic carbocycles. The van der Waals surface area contributed by atoms with Crippen molar-refractivity contribution in [3.63, 3.8) is 0 Å². The third kappa shape index (κ3) is 6.25. The van der Waals surface area contributed by atoms with Crippen molar-refractivity contribution in [1.29, 1.82) is 0 Å². The Kier molecular flexibility index (Phi) is 9.04. The first kappa shape index (κ1) is 29.4. The van der Waals surface area contributed by atoms with Crippen molar-refractivity contribution in [2.45, 2.75) is 32.5 Å². The molecule has 12 heteroatoms. The summed E-state index contributed by atoms with van der Waals surface area (Å²) in [5, 5.41) is -4.51. The van der Waals surface area contributed by atoms with Crippen LogP contribution in [0, 0.1) is 0 Å². The molecule has 1 heterocycles. The molecule has 8 nitrogen and oxygen atoms in total.